The Labute approximate surface area is 308 Å². The fourth-order valence-electron chi connectivity index (χ4n) is 8.27. The highest BCUT2D eigenvalue weighted by molar-refractivity contribution is 8.18. The molecule has 244 valence electrons. The summed E-state index contributed by atoms with van der Waals surface area (Å²) < 4.78 is 0. The molecule has 0 fully saturated rings. The van der Waals surface area contributed by atoms with E-state index in [1.165, 1.54) is 81.5 Å². The van der Waals surface area contributed by atoms with Gasteiger partial charge in [-0.25, -0.2) is 0 Å². The van der Waals surface area contributed by atoms with Crippen molar-refractivity contribution in [3.63, 3.8) is 0 Å². The molecular formula is C48H35NS2. The van der Waals surface area contributed by atoms with Gasteiger partial charge in [-0.15, -0.1) is 23.5 Å². The van der Waals surface area contributed by atoms with Gasteiger partial charge in [0.15, 0.2) is 0 Å². The molecule has 0 N–H and O–H groups in total. The Kier molecular flexibility index (Phi) is 7.16. The van der Waals surface area contributed by atoms with Gasteiger partial charge < -0.3 is 4.90 Å². The molecule has 3 heteroatoms. The summed E-state index contributed by atoms with van der Waals surface area (Å²) in [6.07, 6.45) is 0. The van der Waals surface area contributed by atoms with Crippen LogP contribution in [0, 0.1) is 0 Å². The van der Waals surface area contributed by atoms with Gasteiger partial charge in [-0.05, 0) is 103 Å². The van der Waals surface area contributed by atoms with E-state index in [1.54, 1.807) is 0 Å². The summed E-state index contributed by atoms with van der Waals surface area (Å²) in [6, 6.07) is 60.9. The van der Waals surface area contributed by atoms with Crippen molar-refractivity contribution in [2.75, 3.05) is 9.98 Å². The summed E-state index contributed by atoms with van der Waals surface area (Å²) in [5, 5.41) is 6.09. The van der Waals surface area contributed by atoms with E-state index in [9.17, 15) is 0 Å². The molecule has 51 heavy (non-hydrogen) atoms. The first-order valence-electron chi connectivity index (χ1n) is 17.6. The minimum Gasteiger partial charge on any atom is -0.310 e. The van der Waals surface area contributed by atoms with Gasteiger partial charge >= 0.3 is 0 Å². The Hall–Kier alpha value is -5.22. The zero-order valence-corrected chi connectivity index (χ0v) is 30.2. The smallest absolute Gasteiger partial charge is 0.0543 e. The lowest BCUT2D eigenvalue weighted by Gasteiger charge is -2.31. The third-order valence-corrected chi connectivity index (χ3v) is 13.3. The average Bonchev–Trinajstić information content (AvgIpc) is 3.76. The molecule has 10 rings (SSSR count). The lowest BCUT2D eigenvalue weighted by Crippen LogP contribution is -2.17. The number of fused-ring (bicyclic) bond motifs is 7. The molecule has 1 aliphatic carbocycles. The molecule has 8 aromatic rings. The van der Waals surface area contributed by atoms with Crippen LogP contribution in [0.25, 0.3) is 54.9 Å². The molecule has 1 heterocycles. The van der Waals surface area contributed by atoms with Gasteiger partial charge in [0.2, 0.25) is 0 Å². The van der Waals surface area contributed by atoms with E-state index in [1.807, 2.05) is 23.5 Å². The van der Waals surface area contributed by atoms with Crippen LogP contribution in [0.2, 0.25) is 0 Å². The van der Waals surface area contributed by atoms with Gasteiger partial charge in [0.25, 0.3) is 0 Å². The van der Waals surface area contributed by atoms with Gasteiger partial charge in [-0.3, -0.25) is 0 Å². The molecule has 8 aromatic carbocycles. The highest BCUT2D eigenvalue weighted by atomic mass is 32.2. The molecule has 2 aliphatic rings. The van der Waals surface area contributed by atoms with Crippen LogP contribution in [0.1, 0.15) is 25.0 Å². The molecule has 0 unspecified atom stereocenters. The number of anilines is 3. The summed E-state index contributed by atoms with van der Waals surface area (Å²) in [5.41, 5.74) is 13.8. The van der Waals surface area contributed by atoms with Gasteiger partial charge in [-0.1, -0.05) is 135 Å². The van der Waals surface area contributed by atoms with Gasteiger partial charge in [-0.2, -0.15) is 0 Å². The van der Waals surface area contributed by atoms with Crippen molar-refractivity contribution in [2.24, 2.45) is 0 Å². The van der Waals surface area contributed by atoms with Crippen molar-refractivity contribution < 1.29 is 0 Å². The number of hydrogen-bond acceptors (Lipinski definition) is 3. The van der Waals surface area contributed by atoms with Gasteiger partial charge in [0.05, 0.1) is 5.69 Å². The predicted molar refractivity (Wildman–Crippen MR) is 221 cm³/mol. The van der Waals surface area contributed by atoms with Crippen molar-refractivity contribution in [3.05, 3.63) is 175 Å². The third-order valence-electron chi connectivity index (χ3n) is 10.8. The predicted octanol–water partition coefficient (Wildman–Crippen LogP) is 14.3. The van der Waals surface area contributed by atoms with Crippen molar-refractivity contribution in [1.82, 2.24) is 0 Å². The molecule has 0 saturated carbocycles. The Morgan fingerprint density at radius 2 is 1.16 bits per heavy atom. The number of nitrogens with zero attached hydrogens (tertiary/aromatic N) is 1. The largest absolute Gasteiger partial charge is 0.310 e. The van der Waals surface area contributed by atoms with E-state index in [2.05, 4.69) is 183 Å². The van der Waals surface area contributed by atoms with Gasteiger partial charge in [0, 0.05) is 37.2 Å². The lowest BCUT2D eigenvalue weighted by molar-refractivity contribution is 0.660. The fourth-order valence-corrected chi connectivity index (χ4v) is 10.8. The SMILES string of the molecule is CC1(C)c2ccccc2-c2cc(-c3cccc4c3SCS4)c(N(c3ccc(-c4ccccc4)cc3)c3ccc4ccc5ccccc5c4c3)cc21. The molecular weight excluding hydrogens is 655 g/mol. The zero-order valence-electron chi connectivity index (χ0n) is 28.6. The Morgan fingerprint density at radius 1 is 0.471 bits per heavy atom. The molecule has 1 aliphatic heterocycles. The third kappa shape index (κ3) is 4.94. The van der Waals surface area contributed by atoms with Crippen LogP contribution >= 0.6 is 23.5 Å². The van der Waals surface area contributed by atoms with Crippen LogP contribution in [0.5, 0.6) is 0 Å². The maximum absolute atomic E-state index is 2.51. The number of hydrogen-bond donors (Lipinski definition) is 0. The molecule has 0 radical (unpaired) electrons. The Morgan fingerprint density at radius 3 is 2.02 bits per heavy atom. The Balaban J connectivity index is 1.27. The minimum absolute atomic E-state index is 0.134. The highest BCUT2D eigenvalue weighted by Gasteiger charge is 2.37. The summed E-state index contributed by atoms with van der Waals surface area (Å²) in [7, 11) is 0. The average molecular weight is 690 g/mol. The van der Waals surface area contributed by atoms with Crippen molar-refractivity contribution in [1.29, 1.82) is 0 Å². The summed E-state index contributed by atoms with van der Waals surface area (Å²) in [5.74, 6) is 0. The van der Waals surface area contributed by atoms with Crippen LogP contribution in [-0.4, -0.2) is 5.08 Å². The standard InChI is InChI=1S/C48H35NS2/c1-48(2)43-17-9-8-15-38(43)41-28-42(39-16-10-18-46-47(39)51-30-50-46)45(29-44(41)48)49(35-24-21-32(22-25-35)31-11-4-3-5-12-31)36-26-23-34-20-19-33-13-6-7-14-37(33)40(34)27-36/h3-29H,30H2,1-2H3. The van der Waals surface area contributed by atoms with E-state index in [0.717, 1.165) is 16.5 Å². The van der Waals surface area contributed by atoms with E-state index < -0.39 is 0 Å². The number of benzene rings is 8. The van der Waals surface area contributed by atoms with Crippen molar-refractivity contribution >= 4 is 62.1 Å². The monoisotopic (exact) mass is 689 g/mol. The van der Waals surface area contributed by atoms with Gasteiger partial charge in [0.1, 0.15) is 0 Å². The molecule has 0 aromatic heterocycles. The normalized spacial score (nSPS) is 14.0. The fraction of sp³-hybridized carbons (Fsp3) is 0.0833. The first-order valence-corrected chi connectivity index (χ1v) is 19.6. The molecule has 0 saturated heterocycles. The van der Waals surface area contributed by atoms with E-state index in [0.29, 0.717) is 0 Å². The highest BCUT2D eigenvalue weighted by Crippen LogP contribution is 2.56. The first kappa shape index (κ1) is 30.6. The van der Waals surface area contributed by atoms with Crippen molar-refractivity contribution in [3.8, 4) is 33.4 Å². The number of rotatable bonds is 5. The summed E-state index contributed by atoms with van der Waals surface area (Å²) >= 11 is 3.92. The van der Waals surface area contributed by atoms with Crippen molar-refractivity contribution in [2.45, 2.75) is 29.1 Å². The topological polar surface area (TPSA) is 3.24 Å². The van der Waals surface area contributed by atoms with Crippen LogP contribution in [0.15, 0.2) is 174 Å². The molecule has 0 atom stereocenters. The van der Waals surface area contributed by atoms with Crippen LogP contribution < -0.4 is 4.90 Å². The maximum Gasteiger partial charge on any atom is 0.0543 e. The van der Waals surface area contributed by atoms with Crippen LogP contribution in [0.4, 0.5) is 17.1 Å². The van der Waals surface area contributed by atoms with E-state index >= 15 is 0 Å². The first-order chi connectivity index (χ1) is 25.0. The summed E-state index contributed by atoms with van der Waals surface area (Å²) in [4.78, 5) is 5.27. The Bertz CT molecular complexity index is 2640. The molecule has 0 bridgehead atoms. The second-order valence-electron chi connectivity index (χ2n) is 14.1. The second-order valence-corrected chi connectivity index (χ2v) is 16.4. The second kappa shape index (κ2) is 11.9. The minimum atomic E-state index is -0.134. The molecule has 0 amide bonds. The number of thioether (sulfide) groups is 2. The summed E-state index contributed by atoms with van der Waals surface area (Å²) in [6.45, 7) is 4.77. The zero-order chi connectivity index (χ0) is 34.1. The van der Waals surface area contributed by atoms with Crippen LogP contribution in [-0.2, 0) is 5.41 Å². The van der Waals surface area contributed by atoms with Crippen LogP contribution in [0.3, 0.4) is 0 Å². The lowest BCUT2D eigenvalue weighted by atomic mass is 9.81. The molecule has 1 nitrogen and oxygen atoms in total. The van der Waals surface area contributed by atoms with E-state index in [-0.39, 0.29) is 5.41 Å². The maximum atomic E-state index is 2.51. The van der Waals surface area contributed by atoms with E-state index in [4.69, 9.17) is 0 Å². The molecule has 0 spiro atoms. The quantitative estimate of drug-likeness (QED) is 0.166.